The van der Waals surface area contributed by atoms with Gasteiger partial charge in [0.2, 0.25) is 11.8 Å². The molecule has 3 heterocycles. The Balaban J connectivity index is 1.91. The van der Waals surface area contributed by atoms with Crippen molar-refractivity contribution in [1.29, 1.82) is 0 Å². The fraction of sp³-hybridized carbons (Fsp3) is 0.455. The van der Waals surface area contributed by atoms with Crippen LogP contribution >= 0.6 is 11.6 Å². The van der Waals surface area contributed by atoms with Crippen molar-refractivity contribution in [2.75, 3.05) is 0 Å². The van der Waals surface area contributed by atoms with Crippen LogP contribution in [0, 0.1) is 0 Å². The molecule has 0 aromatic carbocycles. The standard InChI is InChI=1S/C11H9ClN2O2/c12-7-2-1-5-8-9(15)13-6-3-4-11(6,8)16-10(5)14-7/h1-2,6,8H,3-4H2,(H,13,15). The van der Waals surface area contributed by atoms with Crippen LogP contribution in [0.3, 0.4) is 0 Å². The number of aromatic nitrogens is 1. The minimum Gasteiger partial charge on any atom is -0.467 e. The number of halogens is 1. The van der Waals surface area contributed by atoms with Crippen LogP contribution in [0.1, 0.15) is 24.3 Å². The first-order chi connectivity index (χ1) is 7.71. The normalized spacial score (nSPS) is 37.9. The molecule has 1 aromatic heterocycles. The molecule has 4 nitrogen and oxygen atoms in total. The summed E-state index contributed by atoms with van der Waals surface area (Å²) in [7, 11) is 0. The molecule has 1 N–H and O–H groups in total. The number of carbonyl (C=O) groups is 1. The molecule has 1 saturated carbocycles. The maximum atomic E-state index is 11.9. The lowest BCUT2D eigenvalue weighted by atomic mass is 9.69. The molecule has 1 amide bonds. The zero-order chi connectivity index (χ0) is 10.9. The van der Waals surface area contributed by atoms with Gasteiger partial charge in [-0.2, -0.15) is 0 Å². The third kappa shape index (κ3) is 0.799. The maximum Gasteiger partial charge on any atom is 0.232 e. The first-order valence-corrected chi connectivity index (χ1v) is 5.74. The highest BCUT2D eigenvalue weighted by molar-refractivity contribution is 6.29. The predicted octanol–water partition coefficient (Wildman–Crippen LogP) is 1.24. The molecule has 3 unspecified atom stereocenters. The van der Waals surface area contributed by atoms with E-state index in [1.54, 1.807) is 6.07 Å². The van der Waals surface area contributed by atoms with Crippen molar-refractivity contribution in [3.63, 3.8) is 0 Å². The molecule has 82 valence electrons. The van der Waals surface area contributed by atoms with Gasteiger partial charge in [0.25, 0.3) is 0 Å². The summed E-state index contributed by atoms with van der Waals surface area (Å²) in [4.78, 5) is 16.1. The highest BCUT2D eigenvalue weighted by atomic mass is 35.5. The second-order valence-electron chi connectivity index (χ2n) is 4.62. The van der Waals surface area contributed by atoms with Gasteiger partial charge < -0.3 is 10.1 Å². The number of hydrogen-bond donors (Lipinski definition) is 1. The highest BCUT2D eigenvalue weighted by Crippen LogP contribution is 2.57. The van der Waals surface area contributed by atoms with E-state index in [2.05, 4.69) is 10.3 Å². The Bertz CT molecular complexity index is 519. The van der Waals surface area contributed by atoms with Crippen LogP contribution in [0.4, 0.5) is 0 Å². The van der Waals surface area contributed by atoms with Crippen molar-refractivity contribution in [1.82, 2.24) is 10.3 Å². The molecule has 16 heavy (non-hydrogen) atoms. The molecule has 4 rings (SSSR count). The molecule has 3 atom stereocenters. The summed E-state index contributed by atoms with van der Waals surface area (Å²) >= 11 is 5.82. The lowest BCUT2D eigenvalue weighted by Gasteiger charge is -2.41. The molecule has 1 saturated heterocycles. The summed E-state index contributed by atoms with van der Waals surface area (Å²) in [5.41, 5.74) is 0.515. The van der Waals surface area contributed by atoms with Gasteiger partial charge in [-0.05, 0) is 25.0 Å². The van der Waals surface area contributed by atoms with Gasteiger partial charge in [-0.1, -0.05) is 11.6 Å². The summed E-state index contributed by atoms with van der Waals surface area (Å²) < 4.78 is 5.89. The molecule has 2 fully saturated rings. The third-order valence-electron chi connectivity index (χ3n) is 3.93. The Morgan fingerprint density at radius 3 is 3.19 bits per heavy atom. The van der Waals surface area contributed by atoms with Gasteiger partial charge in [0, 0.05) is 5.56 Å². The van der Waals surface area contributed by atoms with E-state index in [0.29, 0.717) is 11.0 Å². The van der Waals surface area contributed by atoms with Gasteiger partial charge in [0.15, 0.2) is 0 Å². The number of nitrogens with one attached hydrogen (secondary N) is 1. The van der Waals surface area contributed by atoms with E-state index < -0.39 is 0 Å². The van der Waals surface area contributed by atoms with Crippen molar-refractivity contribution in [2.24, 2.45) is 0 Å². The molecule has 5 heteroatoms. The van der Waals surface area contributed by atoms with E-state index in [1.807, 2.05) is 6.07 Å². The number of amides is 1. The fourth-order valence-corrected chi connectivity index (χ4v) is 3.23. The van der Waals surface area contributed by atoms with Crippen molar-refractivity contribution in [2.45, 2.75) is 30.4 Å². The Kier molecular flexibility index (Phi) is 1.38. The Morgan fingerprint density at radius 2 is 2.44 bits per heavy atom. The smallest absolute Gasteiger partial charge is 0.232 e. The van der Waals surface area contributed by atoms with E-state index in [4.69, 9.17) is 16.3 Å². The molecule has 1 aromatic rings. The van der Waals surface area contributed by atoms with Crippen LogP contribution in [0.25, 0.3) is 0 Å². The molecule has 2 aliphatic heterocycles. The average molecular weight is 237 g/mol. The van der Waals surface area contributed by atoms with Gasteiger partial charge in [0.05, 0.1) is 6.04 Å². The van der Waals surface area contributed by atoms with Gasteiger partial charge >= 0.3 is 0 Å². The molecular formula is C11H9ClN2O2. The second kappa shape index (κ2) is 2.51. The number of nitrogens with zero attached hydrogens (tertiary/aromatic N) is 1. The number of ether oxygens (including phenoxy) is 1. The van der Waals surface area contributed by atoms with E-state index in [-0.39, 0.29) is 23.5 Å². The number of pyridine rings is 1. The SMILES string of the molecule is O=C1NC2CCC23Oc2nc(Cl)ccc2C13. The van der Waals surface area contributed by atoms with Gasteiger partial charge in [0.1, 0.15) is 16.7 Å². The Labute approximate surface area is 97.0 Å². The van der Waals surface area contributed by atoms with Crippen LogP contribution in [-0.4, -0.2) is 22.5 Å². The van der Waals surface area contributed by atoms with Gasteiger partial charge in [-0.25, -0.2) is 4.98 Å². The zero-order valence-electron chi connectivity index (χ0n) is 8.37. The molecule has 3 aliphatic rings. The first-order valence-electron chi connectivity index (χ1n) is 5.36. The summed E-state index contributed by atoms with van der Waals surface area (Å²) in [6.45, 7) is 0. The number of rotatable bonds is 0. The maximum absolute atomic E-state index is 11.9. The quantitative estimate of drug-likeness (QED) is 0.690. The summed E-state index contributed by atoms with van der Waals surface area (Å²) in [5.74, 6) is 0.411. The molecule has 0 bridgehead atoms. The average Bonchev–Trinajstić information content (AvgIpc) is 2.67. The lowest BCUT2D eigenvalue weighted by molar-refractivity contribution is -0.121. The van der Waals surface area contributed by atoms with E-state index in [9.17, 15) is 4.79 Å². The largest absolute Gasteiger partial charge is 0.467 e. The summed E-state index contributed by atoms with van der Waals surface area (Å²) in [6, 6.07) is 3.71. The lowest BCUT2D eigenvalue weighted by Crippen LogP contribution is -2.56. The van der Waals surface area contributed by atoms with Crippen LogP contribution in [0.5, 0.6) is 5.88 Å². The van der Waals surface area contributed by atoms with Crippen LogP contribution in [0.2, 0.25) is 5.15 Å². The molecule has 1 spiro atoms. The topological polar surface area (TPSA) is 51.2 Å². The van der Waals surface area contributed by atoms with E-state index in [0.717, 1.165) is 18.4 Å². The highest BCUT2D eigenvalue weighted by Gasteiger charge is 2.67. The number of hydrogen-bond acceptors (Lipinski definition) is 3. The van der Waals surface area contributed by atoms with Crippen LogP contribution in [-0.2, 0) is 4.79 Å². The number of carbonyl (C=O) groups excluding carboxylic acids is 1. The zero-order valence-corrected chi connectivity index (χ0v) is 9.12. The fourth-order valence-electron chi connectivity index (χ4n) is 3.09. The van der Waals surface area contributed by atoms with Crippen molar-refractivity contribution >= 4 is 17.5 Å². The van der Waals surface area contributed by atoms with Gasteiger partial charge in [-0.15, -0.1) is 0 Å². The predicted molar refractivity (Wildman–Crippen MR) is 56.5 cm³/mol. The third-order valence-corrected chi connectivity index (χ3v) is 4.14. The van der Waals surface area contributed by atoms with Gasteiger partial charge in [-0.3, -0.25) is 4.79 Å². The minimum atomic E-state index is -0.364. The van der Waals surface area contributed by atoms with Crippen molar-refractivity contribution in [3.8, 4) is 5.88 Å². The summed E-state index contributed by atoms with van der Waals surface area (Å²) in [6.07, 6.45) is 1.90. The van der Waals surface area contributed by atoms with Crippen LogP contribution < -0.4 is 10.1 Å². The molecular weight excluding hydrogens is 228 g/mol. The number of fused-ring (bicyclic) bond motifs is 2. The summed E-state index contributed by atoms with van der Waals surface area (Å²) in [5, 5.41) is 3.39. The van der Waals surface area contributed by atoms with Crippen LogP contribution in [0.15, 0.2) is 12.1 Å². The van der Waals surface area contributed by atoms with E-state index >= 15 is 0 Å². The Hall–Kier alpha value is -1.29. The van der Waals surface area contributed by atoms with E-state index in [1.165, 1.54) is 0 Å². The van der Waals surface area contributed by atoms with Crippen molar-refractivity contribution in [3.05, 3.63) is 22.8 Å². The monoisotopic (exact) mass is 236 g/mol. The van der Waals surface area contributed by atoms with Crippen molar-refractivity contribution < 1.29 is 9.53 Å². The molecule has 1 aliphatic carbocycles. The second-order valence-corrected chi connectivity index (χ2v) is 5.01. The minimum absolute atomic E-state index is 0.0605. The molecule has 0 radical (unpaired) electrons. The Morgan fingerprint density at radius 1 is 1.56 bits per heavy atom. The first kappa shape index (κ1) is 8.82.